The normalized spacial score (nSPS) is 17.7. The Morgan fingerprint density at radius 1 is 1.12 bits per heavy atom. The highest BCUT2D eigenvalue weighted by Crippen LogP contribution is 2.34. The molecule has 8 nitrogen and oxygen atoms in total. The monoisotopic (exact) mass is 677 g/mol. The summed E-state index contributed by atoms with van der Waals surface area (Å²) in [7, 11) is 0. The van der Waals surface area contributed by atoms with E-state index in [1.54, 1.807) is 11.3 Å². The molecular formula is C33H48BrN3O5S. The molecule has 1 saturated heterocycles. The van der Waals surface area contributed by atoms with Crippen molar-refractivity contribution in [2.45, 2.75) is 97.8 Å². The van der Waals surface area contributed by atoms with Crippen molar-refractivity contribution >= 4 is 44.9 Å². The Bertz CT molecular complexity index is 1180. The van der Waals surface area contributed by atoms with E-state index in [2.05, 4.69) is 26.2 Å². The van der Waals surface area contributed by atoms with Gasteiger partial charge in [0.25, 0.3) is 0 Å². The molecule has 3 rings (SSSR count). The number of ketones is 1. The zero-order chi connectivity index (χ0) is 31.4. The SMILES string of the molecule is Cc1ncsc1-c1ccc(CNC(=O)[C@@H]2C[C@@H](O)CN2C(=O)[C@@H](CC(=O)CCCCOCCCCCBr)C(C)(C)C)cc1. The molecule has 2 heterocycles. The average Bonchev–Trinajstić information content (AvgIpc) is 3.58. The van der Waals surface area contributed by atoms with E-state index in [1.165, 1.54) is 4.90 Å². The number of aliphatic hydroxyl groups is 1. The van der Waals surface area contributed by atoms with Crippen LogP contribution in [0.2, 0.25) is 0 Å². The van der Waals surface area contributed by atoms with Crippen LogP contribution in [0.15, 0.2) is 29.8 Å². The van der Waals surface area contributed by atoms with Crippen molar-refractivity contribution in [1.29, 1.82) is 0 Å². The minimum Gasteiger partial charge on any atom is -0.391 e. The molecule has 2 amide bonds. The molecule has 3 atom stereocenters. The Morgan fingerprint density at radius 2 is 1.81 bits per heavy atom. The maximum Gasteiger partial charge on any atom is 0.243 e. The maximum atomic E-state index is 13.8. The number of ether oxygens (including phenoxy) is 1. The van der Waals surface area contributed by atoms with Crippen LogP contribution in [-0.4, -0.2) is 69.8 Å². The van der Waals surface area contributed by atoms with E-state index < -0.39 is 23.5 Å². The fourth-order valence-corrected chi connectivity index (χ4v) is 6.57. The molecule has 0 aliphatic carbocycles. The summed E-state index contributed by atoms with van der Waals surface area (Å²) in [6.07, 6.45) is 4.81. The van der Waals surface area contributed by atoms with Gasteiger partial charge in [0.2, 0.25) is 11.8 Å². The zero-order valence-electron chi connectivity index (χ0n) is 26.1. The molecule has 0 unspecified atom stereocenters. The first kappa shape index (κ1) is 35.3. The van der Waals surface area contributed by atoms with E-state index in [0.717, 1.165) is 65.7 Å². The van der Waals surface area contributed by atoms with Crippen LogP contribution in [0, 0.1) is 18.3 Å². The van der Waals surface area contributed by atoms with Crippen LogP contribution in [-0.2, 0) is 25.7 Å². The molecule has 43 heavy (non-hydrogen) atoms. The molecular weight excluding hydrogens is 630 g/mol. The summed E-state index contributed by atoms with van der Waals surface area (Å²) >= 11 is 5.02. The number of aliphatic hydroxyl groups excluding tert-OH is 1. The number of rotatable bonds is 17. The van der Waals surface area contributed by atoms with E-state index in [0.29, 0.717) is 19.6 Å². The molecule has 2 aromatic rings. The van der Waals surface area contributed by atoms with E-state index >= 15 is 0 Å². The maximum absolute atomic E-state index is 13.8. The predicted octanol–water partition coefficient (Wildman–Crippen LogP) is 6.07. The smallest absolute Gasteiger partial charge is 0.243 e. The summed E-state index contributed by atoms with van der Waals surface area (Å²) < 4.78 is 5.67. The third-order valence-corrected chi connectivity index (χ3v) is 9.52. The second-order valence-corrected chi connectivity index (χ2v) is 14.2. The second kappa shape index (κ2) is 17.4. The minimum absolute atomic E-state index is 0.0447. The molecule has 0 bridgehead atoms. The van der Waals surface area contributed by atoms with E-state index in [-0.39, 0.29) is 37.0 Å². The van der Waals surface area contributed by atoms with E-state index in [4.69, 9.17) is 4.74 Å². The number of aryl methyl sites for hydroxylation is 1. The summed E-state index contributed by atoms with van der Waals surface area (Å²) in [6, 6.07) is 7.21. The van der Waals surface area contributed by atoms with Crippen LogP contribution in [0.3, 0.4) is 0 Å². The number of amides is 2. The van der Waals surface area contributed by atoms with Crippen LogP contribution in [0.4, 0.5) is 0 Å². The number of likely N-dealkylation sites (tertiary alicyclic amines) is 1. The Balaban J connectivity index is 1.52. The Morgan fingerprint density at radius 3 is 2.44 bits per heavy atom. The molecule has 1 aliphatic heterocycles. The molecule has 238 valence electrons. The summed E-state index contributed by atoms with van der Waals surface area (Å²) in [6.45, 7) is 9.63. The van der Waals surface area contributed by atoms with Crippen molar-refractivity contribution in [2.24, 2.45) is 11.3 Å². The average molecular weight is 679 g/mol. The van der Waals surface area contributed by atoms with Crippen LogP contribution >= 0.6 is 27.3 Å². The lowest BCUT2D eigenvalue weighted by molar-refractivity contribution is -0.146. The fourth-order valence-electron chi connectivity index (χ4n) is 5.36. The molecule has 10 heteroatoms. The number of carbonyl (C=O) groups is 3. The van der Waals surface area contributed by atoms with Crippen molar-refractivity contribution < 1.29 is 24.2 Å². The fraction of sp³-hybridized carbons (Fsp3) is 0.636. The van der Waals surface area contributed by atoms with Gasteiger partial charge >= 0.3 is 0 Å². The Labute approximate surface area is 269 Å². The van der Waals surface area contributed by atoms with E-state index in [1.807, 2.05) is 57.5 Å². The molecule has 1 aromatic heterocycles. The number of unbranched alkanes of at least 4 members (excludes halogenated alkanes) is 3. The summed E-state index contributed by atoms with van der Waals surface area (Å²) in [5.74, 6) is -1.07. The number of aromatic nitrogens is 1. The van der Waals surface area contributed by atoms with Crippen molar-refractivity contribution in [1.82, 2.24) is 15.2 Å². The van der Waals surface area contributed by atoms with Gasteiger partial charge in [-0.05, 0) is 49.1 Å². The first-order valence-corrected chi connectivity index (χ1v) is 17.4. The first-order chi connectivity index (χ1) is 20.5. The molecule has 1 aromatic carbocycles. The van der Waals surface area contributed by atoms with E-state index in [9.17, 15) is 19.5 Å². The Hall–Kier alpha value is -2.14. The minimum atomic E-state index is -0.780. The number of β-amino-alcohol motifs (C(OH)–C–C–N with tert-alkyl or cyclic N) is 1. The number of thiazole rings is 1. The number of Topliss-reactive ketones (excluding diaryl/α,β-unsaturated/α-hetero) is 1. The summed E-state index contributed by atoms with van der Waals surface area (Å²) in [4.78, 5) is 46.9. The Kier molecular flexibility index (Phi) is 14.3. The van der Waals surface area contributed by atoms with Crippen LogP contribution in [0.25, 0.3) is 10.4 Å². The van der Waals surface area contributed by atoms with Crippen LogP contribution in [0.5, 0.6) is 0 Å². The lowest BCUT2D eigenvalue weighted by atomic mass is 9.76. The van der Waals surface area contributed by atoms with Gasteiger partial charge in [-0.3, -0.25) is 14.4 Å². The van der Waals surface area contributed by atoms with Gasteiger partial charge in [-0.25, -0.2) is 4.98 Å². The van der Waals surface area contributed by atoms with Gasteiger partial charge < -0.3 is 20.1 Å². The number of hydrogen-bond acceptors (Lipinski definition) is 7. The molecule has 2 N–H and O–H groups in total. The molecule has 1 fully saturated rings. The lowest BCUT2D eigenvalue weighted by Crippen LogP contribution is -2.50. The van der Waals surface area contributed by atoms with Crippen molar-refractivity contribution in [3.8, 4) is 10.4 Å². The topological polar surface area (TPSA) is 109 Å². The van der Waals surface area contributed by atoms with Crippen molar-refractivity contribution in [3.63, 3.8) is 0 Å². The largest absolute Gasteiger partial charge is 0.391 e. The summed E-state index contributed by atoms with van der Waals surface area (Å²) in [5, 5.41) is 14.4. The van der Waals surface area contributed by atoms with Gasteiger partial charge in [-0.1, -0.05) is 67.4 Å². The van der Waals surface area contributed by atoms with Gasteiger partial charge in [-0.2, -0.15) is 0 Å². The summed E-state index contributed by atoms with van der Waals surface area (Å²) in [5.41, 5.74) is 4.36. The van der Waals surface area contributed by atoms with Gasteiger partial charge in [0.05, 0.1) is 22.2 Å². The number of halogens is 1. The third-order valence-electron chi connectivity index (χ3n) is 7.98. The lowest BCUT2D eigenvalue weighted by Gasteiger charge is -2.34. The number of benzene rings is 1. The van der Waals surface area contributed by atoms with Gasteiger partial charge in [-0.15, -0.1) is 11.3 Å². The highest BCUT2D eigenvalue weighted by atomic mass is 79.9. The number of nitrogens with zero attached hydrogens (tertiary/aromatic N) is 2. The van der Waals surface area contributed by atoms with Crippen molar-refractivity contribution in [2.75, 3.05) is 25.1 Å². The number of hydrogen-bond donors (Lipinski definition) is 2. The highest BCUT2D eigenvalue weighted by molar-refractivity contribution is 9.09. The van der Waals surface area contributed by atoms with Gasteiger partial charge in [0.15, 0.2) is 0 Å². The highest BCUT2D eigenvalue weighted by Gasteiger charge is 2.44. The molecule has 1 aliphatic rings. The number of alkyl halides is 1. The van der Waals surface area contributed by atoms with Gasteiger partial charge in [0, 0.05) is 56.8 Å². The first-order valence-electron chi connectivity index (χ1n) is 15.4. The molecule has 0 saturated carbocycles. The number of carbonyl (C=O) groups excluding carboxylic acids is 3. The van der Waals surface area contributed by atoms with Crippen LogP contribution in [0.1, 0.15) is 83.4 Å². The quantitative estimate of drug-likeness (QED) is 0.155. The second-order valence-electron chi connectivity index (χ2n) is 12.6. The van der Waals surface area contributed by atoms with Gasteiger partial charge in [0.1, 0.15) is 11.8 Å². The van der Waals surface area contributed by atoms with Crippen molar-refractivity contribution in [3.05, 3.63) is 41.0 Å². The standard InChI is InChI=1S/C33H48BrN3O5S/c1-23-30(43-22-36-23)25-13-11-24(12-14-25)20-35-31(40)29-19-27(39)21-37(29)32(41)28(33(2,3)4)18-26(38)10-6-9-17-42-16-8-5-7-15-34/h11-14,22,27-29,39H,5-10,15-21H2,1-4H3,(H,35,40)/t27-,28-,29+/m1/s1. The van der Waals surface area contributed by atoms with Crippen LogP contribution < -0.4 is 5.32 Å². The zero-order valence-corrected chi connectivity index (χ0v) is 28.5. The number of nitrogens with one attached hydrogen (secondary N) is 1. The molecule has 0 spiro atoms. The molecule has 0 radical (unpaired) electrons. The predicted molar refractivity (Wildman–Crippen MR) is 175 cm³/mol. The third kappa shape index (κ3) is 11.1.